The van der Waals surface area contributed by atoms with Crippen LogP contribution in [0.3, 0.4) is 0 Å². The van der Waals surface area contributed by atoms with Crippen LogP contribution in [0.1, 0.15) is 82.9 Å². The number of rotatable bonds is 10. The molecular weight excluding hydrogens is 775 g/mol. The molecule has 3 aromatic carbocycles. The van der Waals surface area contributed by atoms with Crippen LogP contribution in [0.4, 0.5) is 5.69 Å². The van der Waals surface area contributed by atoms with Gasteiger partial charge in [-0.1, -0.05) is 75.7 Å². The number of ether oxygens (including phenoxy) is 2. The van der Waals surface area contributed by atoms with Gasteiger partial charge in [0.15, 0.2) is 29.7 Å². The highest BCUT2D eigenvalue weighted by Crippen LogP contribution is 2.55. The second-order valence-corrected chi connectivity index (χ2v) is 17.1. The van der Waals surface area contributed by atoms with Crippen LogP contribution in [0.15, 0.2) is 83.2 Å². The lowest BCUT2D eigenvalue weighted by atomic mass is 9.63. The highest BCUT2D eigenvalue weighted by Gasteiger charge is 2.49. The number of halogens is 2. The molecule has 6 rings (SSSR count). The summed E-state index contributed by atoms with van der Waals surface area (Å²) in [5, 5.41) is 3.41. The molecule has 2 aliphatic carbocycles. The summed E-state index contributed by atoms with van der Waals surface area (Å²) in [5.41, 5.74) is 6.60. The first-order valence-corrected chi connectivity index (χ1v) is 19.1. The van der Waals surface area contributed by atoms with Crippen LogP contribution in [-0.2, 0) is 20.8 Å². The first kappa shape index (κ1) is 37.1. The summed E-state index contributed by atoms with van der Waals surface area (Å²) in [5.74, 6) is 0.215. The van der Waals surface area contributed by atoms with Gasteiger partial charge in [-0.05, 0) is 107 Å². The summed E-state index contributed by atoms with van der Waals surface area (Å²) < 4.78 is 13.0. The maximum atomic E-state index is 14.4. The second-order valence-electron chi connectivity index (χ2n) is 15.5. The molecular formula is C42H46ClIN2O5. The van der Waals surface area contributed by atoms with Crippen molar-refractivity contribution in [3.63, 3.8) is 0 Å². The van der Waals surface area contributed by atoms with Crippen molar-refractivity contribution in [3.8, 4) is 11.5 Å². The largest absolute Gasteiger partial charge is 0.490 e. The van der Waals surface area contributed by atoms with Crippen LogP contribution in [0, 0.1) is 21.3 Å². The minimum atomic E-state index is -0.522. The van der Waals surface area contributed by atoms with Crippen molar-refractivity contribution in [2.24, 2.45) is 10.8 Å². The number of Topliss-reactive ketones (excluding diaryl/α,β-unsaturated/α-hetero) is 2. The Labute approximate surface area is 319 Å². The van der Waals surface area contributed by atoms with E-state index < -0.39 is 5.92 Å². The summed E-state index contributed by atoms with van der Waals surface area (Å²) in [7, 11) is 0. The van der Waals surface area contributed by atoms with Gasteiger partial charge in [-0.2, -0.15) is 0 Å². The summed E-state index contributed by atoms with van der Waals surface area (Å²) in [6.45, 7) is 13.2. The number of hydrogen-bond acceptors (Lipinski definition) is 6. The van der Waals surface area contributed by atoms with Crippen molar-refractivity contribution in [2.75, 3.05) is 25.1 Å². The van der Waals surface area contributed by atoms with Gasteiger partial charge in [-0.3, -0.25) is 14.4 Å². The van der Waals surface area contributed by atoms with E-state index in [2.05, 4.69) is 84.8 Å². The third kappa shape index (κ3) is 8.07. The first-order valence-electron chi connectivity index (χ1n) is 17.7. The van der Waals surface area contributed by atoms with Gasteiger partial charge in [-0.25, -0.2) is 0 Å². The number of carbonyl (C=O) groups excluding carboxylic acids is 3. The average Bonchev–Trinajstić information content (AvgIpc) is 3.04. The molecule has 268 valence electrons. The van der Waals surface area contributed by atoms with Crippen LogP contribution in [-0.4, -0.2) is 42.1 Å². The van der Waals surface area contributed by atoms with Crippen molar-refractivity contribution in [1.82, 2.24) is 4.90 Å². The Hall–Kier alpha value is -3.63. The first-order chi connectivity index (χ1) is 24.2. The van der Waals surface area contributed by atoms with Crippen LogP contribution < -0.4 is 14.8 Å². The highest BCUT2D eigenvalue weighted by atomic mass is 127. The normalized spacial score (nSPS) is 18.4. The molecule has 1 amide bonds. The van der Waals surface area contributed by atoms with E-state index in [4.69, 9.17) is 21.1 Å². The van der Waals surface area contributed by atoms with E-state index >= 15 is 0 Å². The van der Waals surface area contributed by atoms with Gasteiger partial charge in [-0.15, -0.1) is 0 Å². The lowest BCUT2D eigenvalue weighted by Gasteiger charge is -2.49. The fourth-order valence-corrected chi connectivity index (χ4v) is 8.66. The Morgan fingerprint density at radius 3 is 2.12 bits per heavy atom. The lowest BCUT2D eigenvalue weighted by molar-refractivity contribution is -0.120. The number of aryl methyl sites for hydroxylation is 1. The summed E-state index contributed by atoms with van der Waals surface area (Å²) >= 11 is 8.45. The molecule has 1 N–H and O–H groups in total. The smallest absolute Gasteiger partial charge is 0.262 e. The van der Waals surface area contributed by atoms with Crippen molar-refractivity contribution in [1.29, 1.82) is 0 Å². The van der Waals surface area contributed by atoms with Crippen LogP contribution in [0.25, 0.3) is 0 Å². The fourth-order valence-electron chi connectivity index (χ4n) is 7.70. The van der Waals surface area contributed by atoms with Gasteiger partial charge < -0.3 is 19.7 Å². The minimum Gasteiger partial charge on any atom is -0.490 e. The number of allylic oxidation sites excluding steroid dienone is 4. The fraction of sp³-hybridized carbons (Fsp3) is 0.405. The van der Waals surface area contributed by atoms with Gasteiger partial charge in [0, 0.05) is 58.6 Å². The van der Waals surface area contributed by atoms with Gasteiger partial charge >= 0.3 is 0 Å². The molecule has 51 heavy (non-hydrogen) atoms. The number of nitrogens with zero attached hydrogens (tertiary/aromatic N) is 1. The zero-order chi connectivity index (χ0) is 36.7. The number of amides is 1. The van der Waals surface area contributed by atoms with Crippen molar-refractivity contribution in [3.05, 3.63) is 108 Å². The molecule has 7 nitrogen and oxygen atoms in total. The second kappa shape index (κ2) is 14.8. The monoisotopic (exact) mass is 820 g/mol. The zero-order valence-corrected chi connectivity index (χ0v) is 33.2. The Morgan fingerprint density at radius 2 is 1.53 bits per heavy atom. The predicted octanol–water partition coefficient (Wildman–Crippen LogP) is 9.60. The molecule has 0 radical (unpaired) electrons. The number of benzene rings is 3. The molecule has 3 aromatic rings. The molecule has 0 saturated heterocycles. The number of carbonyl (C=O) groups is 3. The van der Waals surface area contributed by atoms with Gasteiger partial charge in [0.25, 0.3) is 5.91 Å². The van der Waals surface area contributed by atoms with E-state index in [0.29, 0.717) is 48.2 Å². The Bertz CT molecular complexity index is 1890. The Balaban J connectivity index is 1.41. The van der Waals surface area contributed by atoms with Crippen molar-refractivity contribution < 1.29 is 23.9 Å². The standard InChI is InChI=1S/C42H46ClIN2O5/c1-7-50-35-18-27(17-30(44)40(35)51-24-36(49)45-28-14-13-25(2)29(43)19-28)37-38-31(20-41(3,4)22-33(38)47)46(16-15-26-11-9-8-10-12-26)32-21-42(5,6)23-34(48)39(32)37/h8-14,17-19,37H,7,15-16,20-24H2,1-6H3,(H,45,49). The van der Waals surface area contributed by atoms with Crippen molar-refractivity contribution in [2.45, 2.75) is 79.6 Å². The van der Waals surface area contributed by atoms with Crippen LogP contribution >= 0.6 is 34.2 Å². The van der Waals surface area contributed by atoms with E-state index in [1.807, 2.05) is 38.1 Å². The van der Waals surface area contributed by atoms with E-state index in [0.717, 1.165) is 56.5 Å². The molecule has 9 heteroatoms. The van der Waals surface area contributed by atoms with Crippen LogP contribution in [0.2, 0.25) is 5.02 Å². The summed E-state index contributed by atoms with van der Waals surface area (Å²) in [6.07, 6.45) is 3.10. The highest BCUT2D eigenvalue weighted by molar-refractivity contribution is 14.1. The predicted molar refractivity (Wildman–Crippen MR) is 210 cm³/mol. The number of anilines is 1. The molecule has 0 unspecified atom stereocenters. The molecule has 1 aliphatic heterocycles. The van der Waals surface area contributed by atoms with E-state index in [9.17, 15) is 14.4 Å². The molecule has 0 bridgehead atoms. The average molecular weight is 821 g/mol. The molecule has 0 spiro atoms. The quantitative estimate of drug-likeness (QED) is 0.205. The van der Waals surface area contributed by atoms with Crippen molar-refractivity contribution >= 4 is 57.4 Å². The molecule has 0 aromatic heterocycles. The molecule has 0 saturated carbocycles. The number of hydrogen-bond donors (Lipinski definition) is 1. The van der Waals surface area contributed by atoms with E-state index in [1.54, 1.807) is 12.1 Å². The van der Waals surface area contributed by atoms with Gasteiger partial charge in [0.1, 0.15) is 0 Å². The van der Waals surface area contributed by atoms with Crippen LogP contribution in [0.5, 0.6) is 11.5 Å². The SMILES string of the molecule is CCOc1cc(C2C3=C(CC(C)(C)CC3=O)N(CCc3ccccc3)C3=C2C(=O)CC(C)(C)C3)cc(I)c1OCC(=O)Nc1ccc(C)c(Cl)c1. The third-order valence-electron chi connectivity index (χ3n) is 9.96. The topological polar surface area (TPSA) is 84.9 Å². The summed E-state index contributed by atoms with van der Waals surface area (Å²) in [4.78, 5) is 44.0. The molecule has 0 atom stereocenters. The summed E-state index contributed by atoms with van der Waals surface area (Å²) in [6, 6.07) is 19.6. The maximum Gasteiger partial charge on any atom is 0.262 e. The Morgan fingerprint density at radius 1 is 0.902 bits per heavy atom. The van der Waals surface area contributed by atoms with E-state index in [1.165, 1.54) is 5.56 Å². The lowest BCUT2D eigenvalue weighted by Crippen LogP contribution is -2.45. The van der Waals surface area contributed by atoms with E-state index in [-0.39, 0.29) is 34.9 Å². The van der Waals surface area contributed by atoms with Gasteiger partial charge in [0.05, 0.1) is 10.2 Å². The third-order valence-corrected chi connectivity index (χ3v) is 11.2. The maximum absolute atomic E-state index is 14.4. The number of nitrogens with one attached hydrogen (secondary N) is 1. The number of ketones is 2. The van der Waals surface area contributed by atoms with Gasteiger partial charge in [0.2, 0.25) is 0 Å². The minimum absolute atomic E-state index is 0.0846. The molecule has 1 heterocycles. The molecule has 0 fully saturated rings. The zero-order valence-electron chi connectivity index (χ0n) is 30.3. The Kier molecular flexibility index (Phi) is 10.8. The molecule has 3 aliphatic rings.